The third kappa shape index (κ3) is 2.33. The van der Waals surface area contributed by atoms with Crippen LogP contribution in [-0.4, -0.2) is 10.9 Å². The molecule has 0 aliphatic heterocycles. The first-order valence-corrected chi connectivity index (χ1v) is 6.25. The van der Waals surface area contributed by atoms with Crippen molar-refractivity contribution in [3.8, 4) is 0 Å². The summed E-state index contributed by atoms with van der Waals surface area (Å²) in [4.78, 5) is 10.7. The molecule has 18 heavy (non-hydrogen) atoms. The maximum absolute atomic E-state index is 10.7. The molecule has 0 aliphatic carbocycles. The van der Waals surface area contributed by atoms with E-state index in [0.717, 1.165) is 17.6 Å². The molecule has 1 rings (SSSR count). The van der Waals surface area contributed by atoms with E-state index in [1.54, 1.807) is 6.08 Å². The minimum atomic E-state index is 0.852. The van der Waals surface area contributed by atoms with Crippen LogP contribution in [-0.2, 0) is 11.8 Å². The van der Waals surface area contributed by atoms with Crippen molar-refractivity contribution in [2.24, 2.45) is 7.05 Å². The van der Waals surface area contributed by atoms with Crippen LogP contribution in [0.3, 0.4) is 0 Å². The number of carbonyl (C=O) groups is 1. The Hall–Kier alpha value is -1.57. The molecule has 0 bridgehead atoms. The van der Waals surface area contributed by atoms with Crippen molar-refractivity contribution >= 4 is 17.4 Å². The van der Waals surface area contributed by atoms with Crippen molar-refractivity contribution in [3.63, 3.8) is 0 Å². The molecule has 2 heteroatoms. The van der Waals surface area contributed by atoms with E-state index in [0.29, 0.717) is 0 Å². The van der Waals surface area contributed by atoms with Gasteiger partial charge in [-0.25, -0.2) is 0 Å². The summed E-state index contributed by atoms with van der Waals surface area (Å²) < 4.78 is 2.20. The van der Waals surface area contributed by atoms with E-state index in [1.807, 2.05) is 6.92 Å². The lowest BCUT2D eigenvalue weighted by Gasteiger charge is -2.10. The average molecular weight is 245 g/mol. The largest absolute Gasteiger partial charge is 0.344 e. The van der Waals surface area contributed by atoms with Crippen molar-refractivity contribution in [2.75, 3.05) is 0 Å². The van der Waals surface area contributed by atoms with E-state index >= 15 is 0 Å². The monoisotopic (exact) mass is 245 g/mol. The lowest BCUT2D eigenvalue weighted by molar-refractivity contribution is -0.104. The van der Waals surface area contributed by atoms with Crippen LogP contribution in [0, 0.1) is 13.8 Å². The molecule has 2 nitrogen and oxygen atoms in total. The summed E-state index contributed by atoms with van der Waals surface area (Å²) in [5, 5.41) is 0. The Morgan fingerprint density at radius 2 is 1.50 bits per heavy atom. The van der Waals surface area contributed by atoms with Crippen LogP contribution in [0.25, 0.3) is 11.1 Å². The number of hydrogen-bond donors (Lipinski definition) is 0. The second-order valence-corrected chi connectivity index (χ2v) is 5.12. The lowest BCUT2D eigenvalue weighted by atomic mass is 10.0. The number of hydrogen-bond acceptors (Lipinski definition) is 1. The third-order valence-electron chi connectivity index (χ3n) is 3.74. The molecule has 1 heterocycles. The van der Waals surface area contributed by atoms with E-state index < -0.39 is 0 Å². The maximum Gasteiger partial charge on any atom is 0.143 e. The molecule has 1 aromatic heterocycles. The van der Waals surface area contributed by atoms with Crippen molar-refractivity contribution in [2.45, 2.75) is 41.5 Å². The highest BCUT2D eigenvalue weighted by molar-refractivity contribution is 5.82. The Labute approximate surface area is 110 Å². The second-order valence-electron chi connectivity index (χ2n) is 5.12. The molecule has 0 aromatic carbocycles. The topological polar surface area (TPSA) is 22.0 Å². The average Bonchev–Trinajstić information content (AvgIpc) is 2.50. The molecule has 1 aromatic rings. The predicted octanol–water partition coefficient (Wildman–Crippen LogP) is 4.06. The molecule has 0 aliphatic rings. The van der Waals surface area contributed by atoms with Gasteiger partial charge < -0.3 is 4.57 Å². The van der Waals surface area contributed by atoms with Crippen molar-refractivity contribution < 1.29 is 4.79 Å². The predicted molar refractivity (Wildman–Crippen MR) is 78.5 cm³/mol. The Kier molecular flexibility index (Phi) is 4.33. The van der Waals surface area contributed by atoms with E-state index in [9.17, 15) is 4.79 Å². The van der Waals surface area contributed by atoms with Crippen LogP contribution >= 0.6 is 0 Å². The number of carbonyl (C=O) groups excluding carboxylic acids is 1. The van der Waals surface area contributed by atoms with Gasteiger partial charge in [-0.15, -0.1) is 0 Å². The third-order valence-corrected chi connectivity index (χ3v) is 3.74. The smallest absolute Gasteiger partial charge is 0.143 e. The molecule has 0 saturated heterocycles. The minimum Gasteiger partial charge on any atom is -0.344 e. The summed E-state index contributed by atoms with van der Waals surface area (Å²) in [7, 11) is 2.07. The molecule has 0 atom stereocenters. The highest BCUT2D eigenvalue weighted by atomic mass is 16.1. The molecule has 0 fully saturated rings. The van der Waals surface area contributed by atoms with Gasteiger partial charge in [-0.1, -0.05) is 5.57 Å². The van der Waals surface area contributed by atoms with Gasteiger partial charge in [-0.2, -0.15) is 0 Å². The summed E-state index contributed by atoms with van der Waals surface area (Å²) in [5.41, 5.74) is 8.61. The second kappa shape index (κ2) is 5.38. The Morgan fingerprint density at radius 1 is 1.00 bits per heavy atom. The Balaban J connectivity index is 3.62. The fourth-order valence-electron chi connectivity index (χ4n) is 2.48. The molecule has 0 N–H and O–H groups in total. The molecular formula is C16H23NO. The van der Waals surface area contributed by atoms with Crippen LogP contribution in [0.15, 0.2) is 11.6 Å². The zero-order valence-electron chi connectivity index (χ0n) is 12.5. The lowest BCUT2D eigenvalue weighted by Crippen LogP contribution is -2.00. The number of aldehydes is 1. The summed E-state index contributed by atoms with van der Waals surface area (Å²) in [5.74, 6) is 0. The van der Waals surface area contributed by atoms with Gasteiger partial charge in [0.1, 0.15) is 6.29 Å². The highest BCUT2D eigenvalue weighted by Crippen LogP contribution is 2.31. The van der Waals surface area contributed by atoms with Crippen LogP contribution in [0.1, 0.15) is 50.2 Å². The first-order chi connectivity index (χ1) is 8.32. The van der Waals surface area contributed by atoms with Gasteiger partial charge in [0.05, 0.1) is 0 Å². The molecule has 0 amide bonds. The normalized spacial score (nSPS) is 11.6. The van der Waals surface area contributed by atoms with E-state index in [1.165, 1.54) is 28.0 Å². The minimum absolute atomic E-state index is 0.852. The molecule has 0 saturated carbocycles. The summed E-state index contributed by atoms with van der Waals surface area (Å²) in [6, 6.07) is 0. The molecular weight excluding hydrogens is 222 g/mol. The number of aromatic nitrogens is 1. The summed E-state index contributed by atoms with van der Waals surface area (Å²) >= 11 is 0. The zero-order valence-corrected chi connectivity index (χ0v) is 12.5. The fourth-order valence-corrected chi connectivity index (χ4v) is 2.48. The maximum atomic E-state index is 10.7. The quantitative estimate of drug-likeness (QED) is 0.581. The van der Waals surface area contributed by atoms with Crippen LogP contribution in [0.5, 0.6) is 0 Å². The van der Waals surface area contributed by atoms with Gasteiger partial charge in [0.2, 0.25) is 0 Å². The molecule has 0 unspecified atom stereocenters. The Morgan fingerprint density at radius 3 is 1.94 bits per heavy atom. The van der Waals surface area contributed by atoms with Crippen molar-refractivity contribution in [1.82, 2.24) is 4.57 Å². The summed E-state index contributed by atoms with van der Waals surface area (Å²) in [6.45, 7) is 12.7. The Bertz CT molecular complexity index is 538. The SMILES string of the molecule is CC(C)=C(C)c1c(C)c(C)c(/C(C)=C\C=O)n1C. The van der Waals surface area contributed by atoms with Crippen molar-refractivity contribution in [1.29, 1.82) is 0 Å². The van der Waals surface area contributed by atoms with Crippen LogP contribution < -0.4 is 0 Å². The number of allylic oxidation sites excluding steroid dienone is 4. The van der Waals surface area contributed by atoms with E-state index in [2.05, 4.69) is 46.2 Å². The fraction of sp³-hybridized carbons (Fsp3) is 0.438. The van der Waals surface area contributed by atoms with Crippen LogP contribution in [0.2, 0.25) is 0 Å². The molecule has 98 valence electrons. The van der Waals surface area contributed by atoms with Crippen molar-refractivity contribution in [3.05, 3.63) is 34.2 Å². The van der Waals surface area contributed by atoms with Gasteiger partial charge in [-0.3, -0.25) is 4.79 Å². The van der Waals surface area contributed by atoms with Gasteiger partial charge >= 0.3 is 0 Å². The van der Waals surface area contributed by atoms with Gasteiger partial charge in [0.15, 0.2) is 0 Å². The number of rotatable bonds is 3. The summed E-state index contributed by atoms with van der Waals surface area (Å²) in [6.07, 6.45) is 2.48. The van der Waals surface area contributed by atoms with Gasteiger partial charge in [0, 0.05) is 18.4 Å². The standard InChI is InChI=1S/C16H23NO/c1-10(2)12(4)16-14(6)13(5)15(17(16)7)11(3)8-9-18/h8-9H,1-7H3/b11-8-. The van der Waals surface area contributed by atoms with Gasteiger partial charge in [0.25, 0.3) is 0 Å². The first-order valence-electron chi connectivity index (χ1n) is 6.25. The van der Waals surface area contributed by atoms with E-state index in [4.69, 9.17) is 0 Å². The zero-order chi connectivity index (χ0) is 14.0. The molecule has 0 radical (unpaired) electrons. The highest BCUT2D eigenvalue weighted by Gasteiger charge is 2.17. The van der Waals surface area contributed by atoms with Gasteiger partial charge in [-0.05, 0) is 69.9 Å². The molecule has 0 spiro atoms. The number of nitrogens with zero attached hydrogens (tertiary/aromatic N) is 1. The van der Waals surface area contributed by atoms with Crippen LogP contribution in [0.4, 0.5) is 0 Å². The first kappa shape index (κ1) is 14.5. The van der Waals surface area contributed by atoms with E-state index in [-0.39, 0.29) is 0 Å².